The number of imidazole rings is 1. The SMILES string of the molecule is Cn1cnc(C(=O)N(CCCN)C2CCCC2)c1. The van der Waals surface area contributed by atoms with Gasteiger partial charge in [-0.05, 0) is 25.8 Å². The summed E-state index contributed by atoms with van der Waals surface area (Å²) in [6, 6.07) is 0.381. The third kappa shape index (κ3) is 2.90. The zero-order valence-electron chi connectivity index (χ0n) is 11.0. The number of carbonyl (C=O) groups excluding carboxylic acids is 1. The Balaban J connectivity index is 2.09. The first-order valence-corrected chi connectivity index (χ1v) is 6.71. The summed E-state index contributed by atoms with van der Waals surface area (Å²) in [5, 5.41) is 0. The van der Waals surface area contributed by atoms with Crippen molar-refractivity contribution in [2.75, 3.05) is 13.1 Å². The second kappa shape index (κ2) is 6.00. The number of nitrogens with two attached hydrogens (primary N) is 1. The number of nitrogens with zero attached hydrogens (tertiary/aromatic N) is 3. The highest BCUT2D eigenvalue weighted by molar-refractivity contribution is 5.92. The van der Waals surface area contributed by atoms with Gasteiger partial charge in [0.1, 0.15) is 5.69 Å². The van der Waals surface area contributed by atoms with Crippen molar-refractivity contribution in [2.24, 2.45) is 12.8 Å². The lowest BCUT2D eigenvalue weighted by atomic mass is 10.2. The molecular formula is C13H22N4O. The van der Waals surface area contributed by atoms with Crippen LogP contribution in [0, 0.1) is 0 Å². The highest BCUT2D eigenvalue weighted by atomic mass is 16.2. The van der Waals surface area contributed by atoms with Crippen molar-refractivity contribution < 1.29 is 4.79 Å². The molecule has 1 saturated carbocycles. The van der Waals surface area contributed by atoms with Crippen LogP contribution < -0.4 is 5.73 Å². The van der Waals surface area contributed by atoms with Gasteiger partial charge < -0.3 is 15.2 Å². The van der Waals surface area contributed by atoms with Gasteiger partial charge in [0.25, 0.3) is 5.91 Å². The minimum atomic E-state index is 0.0518. The molecule has 18 heavy (non-hydrogen) atoms. The van der Waals surface area contributed by atoms with Gasteiger partial charge in [-0.15, -0.1) is 0 Å². The van der Waals surface area contributed by atoms with E-state index < -0.39 is 0 Å². The summed E-state index contributed by atoms with van der Waals surface area (Å²) in [6.45, 7) is 1.37. The number of aromatic nitrogens is 2. The fourth-order valence-corrected chi connectivity index (χ4v) is 2.60. The van der Waals surface area contributed by atoms with Crippen LogP contribution in [0.25, 0.3) is 0 Å². The minimum absolute atomic E-state index is 0.0518. The largest absolute Gasteiger partial charge is 0.340 e. The van der Waals surface area contributed by atoms with Gasteiger partial charge in [0.2, 0.25) is 0 Å². The molecule has 1 amide bonds. The quantitative estimate of drug-likeness (QED) is 0.852. The highest BCUT2D eigenvalue weighted by Gasteiger charge is 2.27. The molecule has 5 heteroatoms. The van der Waals surface area contributed by atoms with Gasteiger partial charge in [-0.25, -0.2) is 4.98 Å². The fraction of sp³-hybridized carbons (Fsp3) is 0.692. The number of carbonyl (C=O) groups is 1. The van der Waals surface area contributed by atoms with Gasteiger partial charge in [-0.1, -0.05) is 12.8 Å². The van der Waals surface area contributed by atoms with Crippen molar-refractivity contribution >= 4 is 5.91 Å². The van der Waals surface area contributed by atoms with Gasteiger partial charge in [-0.2, -0.15) is 0 Å². The lowest BCUT2D eigenvalue weighted by Crippen LogP contribution is -2.40. The molecular weight excluding hydrogens is 228 g/mol. The standard InChI is InChI=1S/C13H22N4O/c1-16-9-12(15-10-16)13(18)17(8-4-7-14)11-5-2-3-6-11/h9-11H,2-8,14H2,1H3. The molecule has 0 aliphatic heterocycles. The van der Waals surface area contributed by atoms with E-state index >= 15 is 0 Å². The average Bonchev–Trinajstić information content (AvgIpc) is 3.00. The monoisotopic (exact) mass is 250 g/mol. The Morgan fingerprint density at radius 2 is 2.28 bits per heavy atom. The molecule has 0 bridgehead atoms. The van der Waals surface area contributed by atoms with Crippen molar-refractivity contribution in [1.29, 1.82) is 0 Å². The maximum Gasteiger partial charge on any atom is 0.274 e. The van der Waals surface area contributed by atoms with Crippen LogP contribution in [-0.4, -0.2) is 39.5 Å². The number of amides is 1. The van der Waals surface area contributed by atoms with Gasteiger partial charge in [0, 0.05) is 25.8 Å². The van der Waals surface area contributed by atoms with E-state index in [1.807, 2.05) is 16.5 Å². The van der Waals surface area contributed by atoms with Crippen molar-refractivity contribution in [2.45, 2.75) is 38.1 Å². The first-order chi connectivity index (χ1) is 8.72. The van der Waals surface area contributed by atoms with Gasteiger partial charge in [0.15, 0.2) is 0 Å². The van der Waals surface area contributed by atoms with Crippen LogP contribution in [0.5, 0.6) is 0 Å². The van der Waals surface area contributed by atoms with Crippen molar-refractivity contribution in [3.8, 4) is 0 Å². The van der Waals surface area contributed by atoms with Crippen molar-refractivity contribution in [3.05, 3.63) is 18.2 Å². The summed E-state index contributed by atoms with van der Waals surface area (Å²) >= 11 is 0. The van der Waals surface area contributed by atoms with E-state index in [9.17, 15) is 4.79 Å². The molecule has 2 N–H and O–H groups in total. The second-order valence-corrected chi connectivity index (χ2v) is 5.00. The first kappa shape index (κ1) is 13.1. The molecule has 1 aliphatic rings. The van der Waals surface area contributed by atoms with Crippen LogP contribution in [0.2, 0.25) is 0 Å². The summed E-state index contributed by atoms with van der Waals surface area (Å²) in [6.07, 6.45) is 8.98. The van der Waals surface area contributed by atoms with E-state index in [1.54, 1.807) is 12.5 Å². The average molecular weight is 250 g/mol. The second-order valence-electron chi connectivity index (χ2n) is 5.00. The fourth-order valence-electron chi connectivity index (χ4n) is 2.60. The van der Waals surface area contributed by atoms with E-state index in [1.165, 1.54) is 12.8 Å². The topological polar surface area (TPSA) is 64.2 Å². The molecule has 1 aromatic rings. The van der Waals surface area contributed by atoms with Crippen LogP contribution >= 0.6 is 0 Å². The van der Waals surface area contributed by atoms with Gasteiger partial charge >= 0.3 is 0 Å². The molecule has 1 aromatic heterocycles. The highest BCUT2D eigenvalue weighted by Crippen LogP contribution is 2.24. The molecule has 0 aromatic carbocycles. The van der Waals surface area contributed by atoms with Crippen LogP contribution in [0.3, 0.4) is 0 Å². The van der Waals surface area contributed by atoms with E-state index in [0.29, 0.717) is 18.3 Å². The maximum absolute atomic E-state index is 12.5. The van der Waals surface area contributed by atoms with Crippen molar-refractivity contribution in [1.82, 2.24) is 14.5 Å². The Bertz CT molecular complexity index is 395. The smallest absolute Gasteiger partial charge is 0.274 e. The van der Waals surface area contributed by atoms with E-state index in [0.717, 1.165) is 25.8 Å². The summed E-state index contributed by atoms with van der Waals surface area (Å²) in [5.74, 6) is 0.0518. The predicted molar refractivity (Wildman–Crippen MR) is 70.2 cm³/mol. The molecule has 5 nitrogen and oxygen atoms in total. The maximum atomic E-state index is 12.5. The summed E-state index contributed by atoms with van der Waals surface area (Å²) < 4.78 is 1.81. The Hall–Kier alpha value is -1.36. The minimum Gasteiger partial charge on any atom is -0.340 e. The summed E-state index contributed by atoms with van der Waals surface area (Å²) in [7, 11) is 1.88. The zero-order valence-corrected chi connectivity index (χ0v) is 11.0. The normalized spacial score (nSPS) is 16.1. The van der Waals surface area contributed by atoms with E-state index in [4.69, 9.17) is 5.73 Å². The molecule has 1 heterocycles. The van der Waals surface area contributed by atoms with Crippen LogP contribution in [0.1, 0.15) is 42.6 Å². The lowest BCUT2D eigenvalue weighted by Gasteiger charge is -2.28. The number of hydrogen-bond donors (Lipinski definition) is 1. The van der Waals surface area contributed by atoms with Gasteiger partial charge in [0.05, 0.1) is 6.33 Å². The van der Waals surface area contributed by atoms with Gasteiger partial charge in [-0.3, -0.25) is 4.79 Å². The molecule has 0 radical (unpaired) electrons. The zero-order chi connectivity index (χ0) is 13.0. The molecule has 0 spiro atoms. The number of aryl methyl sites for hydroxylation is 1. The lowest BCUT2D eigenvalue weighted by molar-refractivity contribution is 0.0675. The van der Waals surface area contributed by atoms with Crippen LogP contribution in [-0.2, 0) is 7.05 Å². The third-order valence-corrected chi connectivity index (χ3v) is 3.55. The molecule has 0 saturated heterocycles. The van der Waals surface area contributed by atoms with E-state index in [2.05, 4.69) is 4.98 Å². The Kier molecular flexibility index (Phi) is 4.36. The van der Waals surface area contributed by atoms with Crippen molar-refractivity contribution in [3.63, 3.8) is 0 Å². The number of rotatable bonds is 5. The van der Waals surface area contributed by atoms with Crippen LogP contribution in [0.15, 0.2) is 12.5 Å². The Morgan fingerprint density at radius 3 is 2.83 bits per heavy atom. The Labute approximate surface area is 108 Å². The molecule has 0 unspecified atom stereocenters. The molecule has 1 aliphatic carbocycles. The molecule has 0 atom stereocenters. The molecule has 1 fully saturated rings. The molecule has 2 rings (SSSR count). The summed E-state index contributed by atoms with van der Waals surface area (Å²) in [5.41, 5.74) is 6.10. The molecule has 100 valence electrons. The summed E-state index contributed by atoms with van der Waals surface area (Å²) in [4.78, 5) is 18.6. The number of hydrogen-bond acceptors (Lipinski definition) is 3. The predicted octanol–water partition coefficient (Wildman–Crippen LogP) is 1.15. The Morgan fingerprint density at radius 1 is 1.56 bits per heavy atom. The first-order valence-electron chi connectivity index (χ1n) is 6.71. The third-order valence-electron chi connectivity index (χ3n) is 3.55. The van der Waals surface area contributed by atoms with Crippen LogP contribution in [0.4, 0.5) is 0 Å². The van der Waals surface area contributed by atoms with E-state index in [-0.39, 0.29) is 5.91 Å².